The molecule has 1 aromatic carbocycles. The Morgan fingerprint density at radius 2 is 2.00 bits per heavy atom. The number of nitro groups is 1. The van der Waals surface area contributed by atoms with Crippen molar-refractivity contribution in [2.45, 2.75) is 0 Å². The number of benzene rings is 1. The van der Waals surface area contributed by atoms with Gasteiger partial charge in [0.15, 0.2) is 0 Å². The largest absolute Gasteiger partial charge is 0.313 e. The Balaban J connectivity index is 2.14. The molecule has 18 heavy (non-hydrogen) atoms. The van der Waals surface area contributed by atoms with Crippen LogP contribution >= 0.6 is 11.6 Å². The van der Waals surface area contributed by atoms with Gasteiger partial charge in [0.2, 0.25) is 0 Å². The predicted octanol–water partition coefficient (Wildman–Crippen LogP) is 1.82. The number of nitrogens with one attached hydrogen (secondary N) is 1. The lowest BCUT2D eigenvalue weighted by Crippen LogP contribution is -2.47. The van der Waals surface area contributed by atoms with Crippen molar-refractivity contribution in [2.75, 3.05) is 38.7 Å². The fourth-order valence-electron chi connectivity index (χ4n) is 1.88. The molecule has 0 radical (unpaired) electrons. The lowest BCUT2D eigenvalue weighted by atomic mass is 10.2. The molecule has 1 heterocycles. The summed E-state index contributed by atoms with van der Waals surface area (Å²) in [4.78, 5) is 12.7. The standard InChI is InChI=1S/C11H15ClN4O2/c1-14-5-7-15(8-6-14)13-10-4-2-3-9(12)11(10)16(17)18/h2-4,13H,5-8H2,1H3. The molecule has 1 N–H and O–H groups in total. The SMILES string of the molecule is CN1CCN(Nc2cccc(Cl)c2[N+](=O)[O-])CC1. The normalized spacial score (nSPS) is 17.7. The highest BCUT2D eigenvalue weighted by Gasteiger charge is 2.21. The number of nitrogens with zero attached hydrogens (tertiary/aromatic N) is 3. The van der Waals surface area contributed by atoms with Crippen LogP contribution in [0.25, 0.3) is 0 Å². The summed E-state index contributed by atoms with van der Waals surface area (Å²) < 4.78 is 0. The van der Waals surface area contributed by atoms with Crippen molar-refractivity contribution in [1.82, 2.24) is 9.91 Å². The number of likely N-dealkylation sites (N-methyl/N-ethyl adjacent to an activating group) is 1. The third-order valence-corrected chi connectivity index (χ3v) is 3.26. The Hall–Kier alpha value is -1.37. The molecule has 0 spiro atoms. The topological polar surface area (TPSA) is 61.6 Å². The van der Waals surface area contributed by atoms with Gasteiger partial charge in [-0.3, -0.25) is 10.1 Å². The molecule has 1 aliphatic heterocycles. The third-order valence-electron chi connectivity index (χ3n) is 2.95. The number of nitro benzene ring substituents is 1. The molecular formula is C11H15ClN4O2. The molecule has 0 aliphatic carbocycles. The summed E-state index contributed by atoms with van der Waals surface area (Å²) >= 11 is 5.86. The molecule has 1 aliphatic rings. The average molecular weight is 271 g/mol. The van der Waals surface area contributed by atoms with Crippen LogP contribution in [0, 0.1) is 10.1 Å². The van der Waals surface area contributed by atoms with Crippen LogP contribution in [0.15, 0.2) is 18.2 Å². The van der Waals surface area contributed by atoms with E-state index in [0.717, 1.165) is 26.2 Å². The van der Waals surface area contributed by atoms with Gasteiger partial charge in [0.05, 0.1) is 4.92 Å². The molecule has 2 rings (SSSR count). The van der Waals surface area contributed by atoms with Crippen LogP contribution in [0.4, 0.5) is 11.4 Å². The van der Waals surface area contributed by atoms with E-state index in [1.165, 1.54) is 6.07 Å². The molecule has 0 unspecified atom stereocenters. The first-order chi connectivity index (χ1) is 8.58. The number of halogens is 1. The number of piperazine rings is 1. The smallest absolute Gasteiger partial charge is 0.312 e. The van der Waals surface area contributed by atoms with E-state index in [0.29, 0.717) is 5.69 Å². The number of para-hydroxylation sites is 1. The van der Waals surface area contributed by atoms with E-state index >= 15 is 0 Å². The first-order valence-electron chi connectivity index (χ1n) is 5.71. The fraction of sp³-hybridized carbons (Fsp3) is 0.455. The van der Waals surface area contributed by atoms with E-state index in [9.17, 15) is 10.1 Å². The van der Waals surface area contributed by atoms with Gasteiger partial charge in [-0.2, -0.15) is 0 Å². The Labute approximate surface area is 110 Å². The molecule has 1 aromatic rings. The second-order valence-corrected chi connectivity index (χ2v) is 4.70. The van der Waals surface area contributed by atoms with Gasteiger partial charge in [-0.15, -0.1) is 0 Å². The first kappa shape index (κ1) is 13.1. The highest BCUT2D eigenvalue weighted by Crippen LogP contribution is 2.32. The maximum absolute atomic E-state index is 11.0. The summed E-state index contributed by atoms with van der Waals surface area (Å²) in [6.45, 7) is 3.50. The van der Waals surface area contributed by atoms with Crippen molar-refractivity contribution in [2.24, 2.45) is 0 Å². The minimum absolute atomic E-state index is 0.0712. The lowest BCUT2D eigenvalue weighted by molar-refractivity contribution is -0.383. The van der Waals surface area contributed by atoms with Gasteiger partial charge in [0.25, 0.3) is 0 Å². The molecule has 0 bridgehead atoms. The van der Waals surface area contributed by atoms with Crippen molar-refractivity contribution in [3.63, 3.8) is 0 Å². The highest BCUT2D eigenvalue weighted by atomic mass is 35.5. The van der Waals surface area contributed by atoms with E-state index in [1.807, 2.05) is 5.01 Å². The van der Waals surface area contributed by atoms with Crippen LogP contribution in [0.3, 0.4) is 0 Å². The molecule has 0 saturated carbocycles. The predicted molar refractivity (Wildman–Crippen MR) is 70.8 cm³/mol. The summed E-state index contributed by atoms with van der Waals surface area (Å²) in [7, 11) is 2.05. The zero-order valence-corrected chi connectivity index (χ0v) is 10.9. The summed E-state index contributed by atoms with van der Waals surface area (Å²) in [5, 5.41) is 13.1. The van der Waals surface area contributed by atoms with E-state index in [2.05, 4.69) is 17.4 Å². The van der Waals surface area contributed by atoms with Gasteiger partial charge in [-0.1, -0.05) is 17.7 Å². The summed E-state index contributed by atoms with van der Waals surface area (Å²) in [5.41, 5.74) is 3.44. The summed E-state index contributed by atoms with van der Waals surface area (Å²) in [6, 6.07) is 4.89. The van der Waals surface area contributed by atoms with Gasteiger partial charge in [-0.05, 0) is 19.2 Å². The van der Waals surface area contributed by atoms with Gasteiger partial charge in [-0.25, -0.2) is 5.01 Å². The van der Waals surface area contributed by atoms with Gasteiger partial charge >= 0.3 is 5.69 Å². The summed E-state index contributed by atoms with van der Waals surface area (Å²) in [6.07, 6.45) is 0. The Bertz CT molecular complexity index is 447. The van der Waals surface area contributed by atoms with Crippen LogP contribution < -0.4 is 5.43 Å². The van der Waals surface area contributed by atoms with Crippen LogP contribution in [-0.4, -0.2) is 48.1 Å². The summed E-state index contributed by atoms with van der Waals surface area (Å²) in [5.74, 6) is 0. The fourth-order valence-corrected chi connectivity index (χ4v) is 2.12. The number of hydrogen-bond acceptors (Lipinski definition) is 5. The van der Waals surface area contributed by atoms with Crippen molar-refractivity contribution < 1.29 is 4.92 Å². The Morgan fingerprint density at radius 1 is 1.33 bits per heavy atom. The van der Waals surface area contributed by atoms with E-state index in [4.69, 9.17) is 11.6 Å². The van der Waals surface area contributed by atoms with Gasteiger partial charge in [0.1, 0.15) is 10.7 Å². The van der Waals surface area contributed by atoms with E-state index < -0.39 is 4.92 Å². The zero-order valence-electron chi connectivity index (χ0n) is 10.1. The van der Waals surface area contributed by atoms with Gasteiger partial charge < -0.3 is 10.3 Å². The molecule has 1 saturated heterocycles. The van der Waals surface area contributed by atoms with Crippen molar-refractivity contribution >= 4 is 23.0 Å². The quantitative estimate of drug-likeness (QED) is 0.671. The van der Waals surface area contributed by atoms with Crippen molar-refractivity contribution in [3.05, 3.63) is 33.3 Å². The second kappa shape index (κ2) is 5.51. The molecule has 6 nitrogen and oxygen atoms in total. The van der Waals surface area contributed by atoms with Crippen LogP contribution in [-0.2, 0) is 0 Å². The first-order valence-corrected chi connectivity index (χ1v) is 6.09. The minimum atomic E-state index is -0.458. The van der Waals surface area contributed by atoms with Crippen LogP contribution in [0.1, 0.15) is 0 Å². The minimum Gasteiger partial charge on any atom is -0.313 e. The maximum atomic E-state index is 11.0. The molecule has 1 fully saturated rings. The molecule has 0 amide bonds. The van der Waals surface area contributed by atoms with Crippen molar-refractivity contribution in [1.29, 1.82) is 0 Å². The van der Waals surface area contributed by atoms with E-state index in [1.54, 1.807) is 12.1 Å². The van der Waals surface area contributed by atoms with Gasteiger partial charge in [0, 0.05) is 26.2 Å². The highest BCUT2D eigenvalue weighted by molar-refractivity contribution is 6.33. The Morgan fingerprint density at radius 3 is 2.61 bits per heavy atom. The molecule has 0 aromatic heterocycles. The monoisotopic (exact) mass is 270 g/mol. The lowest BCUT2D eigenvalue weighted by Gasteiger charge is -2.32. The third kappa shape index (κ3) is 2.90. The number of anilines is 1. The van der Waals surface area contributed by atoms with Crippen LogP contribution in [0.2, 0.25) is 5.02 Å². The van der Waals surface area contributed by atoms with Crippen molar-refractivity contribution in [3.8, 4) is 0 Å². The molecule has 7 heteroatoms. The number of rotatable bonds is 3. The molecule has 98 valence electrons. The van der Waals surface area contributed by atoms with Crippen LogP contribution in [0.5, 0.6) is 0 Å². The number of hydrogen-bond donors (Lipinski definition) is 1. The zero-order chi connectivity index (χ0) is 13.1. The maximum Gasteiger partial charge on any atom is 0.312 e. The molecular weight excluding hydrogens is 256 g/mol. The van der Waals surface area contributed by atoms with E-state index in [-0.39, 0.29) is 10.7 Å². The average Bonchev–Trinajstić information content (AvgIpc) is 2.32. The molecule has 0 atom stereocenters. The second-order valence-electron chi connectivity index (χ2n) is 4.30. The number of hydrazine groups is 1. The Kier molecular flexibility index (Phi) is 4.00.